The van der Waals surface area contributed by atoms with Gasteiger partial charge in [-0.05, 0) is 10.4 Å². The van der Waals surface area contributed by atoms with E-state index in [4.69, 9.17) is 14.2 Å². The minimum atomic E-state index is -0.454. The lowest BCUT2D eigenvalue weighted by Gasteiger charge is -2.13. The van der Waals surface area contributed by atoms with Crippen LogP contribution in [-0.4, -0.2) is 41.5 Å². The number of hydrogen-bond donors (Lipinski definition) is 1. The Bertz CT molecular complexity index is 579. The van der Waals surface area contributed by atoms with E-state index in [1.165, 1.54) is 21.3 Å². The summed E-state index contributed by atoms with van der Waals surface area (Å²) >= 11 is 0. The second-order valence-corrected chi connectivity index (χ2v) is 3.30. The Balaban J connectivity index is 2.64. The SMILES string of the molecule is COc1cc(-n2nn[nH]c2=O)cc(OC)c1OC. The molecule has 0 radical (unpaired) electrons. The lowest BCUT2D eigenvalue weighted by atomic mass is 10.2. The van der Waals surface area contributed by atoms with E-state index in [1.54, 1.807) is 12.1 Å². The molecule has 0 fully saturated rings. The summed E-state index contributed by atoms with van der Waals surface area (Å²) in [5, 5.41) is 9.26. The highest BCUT2D eigenvalue weighted by atomic mass is 16.5. The van der Waals surface area contributed by atoms with Gasteiger partial charge in [-0.25, -0.2) is 9.89 Å². The Morgan fingerprint density at radius 1 is 1.11 bits per heavy atom. The normalized spacial score (nSPS) is 10.2. The van der Waals surface area contributed by atoms with Crippen molar-refractivity contribution in [3.05, 3.63) is 22.6 Å². The van der Waals surface area contributed by atoms with Crippen molar-refractivity contribution in [3.63, 3.8) is 0 Å². The molecule has 96 valence electrons. The monoisotopic (exact) mass is 252 g/mol. The van der Waals surface area contributed by atoms with Crippen molar-refractivity contribution in [1.29, 1.82) is 0 Å². The van der Waals surface area contributed by atoms with Crippen molar-refractivity contribution in [3.8, 4) is 22.9 Å². The van der Waals surface area contributed by atoms with Gasteiger partial charge in [0.2, 0.25) is 5.75 Å². The lowest BCUT2D eigenvalue weighted by Crippen LogP contribution is -2.16. The summed E-state index contributed by atoms with van der Waals surface area (Å²) in [4.78, 5) is 11.4. The van der Waals surface area contributed by atoms with Crippen LogP contribution in [0.1, 0.15) is 0 Å². The first kappa shape index (κ1) is 12.0. The highest BCUT2D eigenvalue weighted by molar-refractivity contribution is 5.57. The summed E-state index contributed by atoms with van der Waals surface area (Å²) in [7, 11) is 4.49. The number of nitrogens with one attached hydrogen (secondary N) is 1. The molecule has 0 saturated heterocycles. The highest BCUT2D eigenvalue weighted by Gasteiger charge is 2.15. The van der Waals surface area contributed by atoms with Gasteiger partial charge >= 0.3 is 5.69 Å². The minimum Gasteiger partial charge on any atom is -0.493 e. The number of H-pyrrole nitrogens is 1. The van der Waals surface area contributed by atoms with Crippen LogP contribution >= 0.6 is 0 Å². The van der Waals surface area contributed by atoms with Gasteiger partial charge in [0.1, 0.15) is 0 Å². The Morgan fingerprint density at radius 3 is 2.11 bits per heavy atom. The largest absolute Gasteiger partial charge is 0.493 e. The summed E-state index contributed by atoms with van der Waals surface area (Å²) < 4.78 is 16.6. The van der Waals surface area contributed by atoms with E-state index in [0.717, 1.165) is 4.68 Å². The van der Waals surface area contributed by atoms with E-state index in [1.807, 2.05) is 0 Å². The molecule has 18 heavy (non-hydrogen) atoms. The summed E-state index contributed by atoms with van der Waals surface area (Å²) in [5.74, 6) is 1.31. The summed E-state index contributed by atoms with van der Waals surface area (Å²) in [6.45, 7) is 0. The standard InChI is InChI=1S/C10H12N4O4/c1-16-7-4-6(14-10(15)11-12-13-14)5-8(17-2)9(7)18-3/h4-5H,1-3H3,(H,11,13,15). The number of benzene rings is 1. The van der Waals surface area contributed by atoms with Gasteiger partial charge in [-0.1, -0.05) is 0 Å². The average Bonchev–Trinajstić information content (AvgIpc) is 2.83. The van der Waals surface area contributed by atoms with Gasteiger partial charge < -0.3 is 14.2 Å². The number of tetrazole rings is 1. The van der Waals surface area contributed by atoms with Crippen molar-refractivity contribution in [2.75, 3.05) is 21.3 Å². The molecule has 0 amide bonds. The zero-order chi connectivity index (χ0) is 13.1. The van der Waals surface area contributed by atoms with Gasteiger partial charge in [0, 0.05) is 12.1 Å². The molecule has 0 aliphatic rings. The van der Waals surface area contributed by atoms with E-state index in [9.17, 15) is 4.79 Å². The van der Waals surface area contributed by atoms with Gasteiger partial charge in [-0.15, -0.1) is 0 Å². The van der Waals surface area contributed by atoms with Crippen molar-refractivity contribution in [2.24, 2.45) is 0 Å². The molecule has 0 spiro atoms. The van der Waals surface area contributed by atoms with Crippen LogP contribution < -0.4 is 19.9 Å². The molecule has 8 nitrogen and oxygen atoms in total. The number of methoxy groups -OCH3 is 3. The van der Waals surface area contributed by atoms with E-state index in [-0.39, 0.29) is 0 Å². The first-order valence-electron chi connectivity index (χ1n) is 5.02. The first-order chi connectivity index (χ1) is 8.71. The molecule has 8 heteroatoms. The molecule has 1 aromatic carbocycles. The Morgan fingerprint density at radius 2 is 1.72 bits per heavy atom. The summed E-state index contributed by atoms with van der Waals surface area (Å²) in [6.07, 6.45) is 0. The predicted molar refractivity (Wildman–Crippen MR) is 61.6 cm³/mol. The maximum Gasteiger partial charge on any atom is 0.365 e. The van der Waals surface area contributed by atoms with E-state index >= 15 is 0 Å². The Labute approximate surface area is 102 Å². The van der Waals surface area contributed by atoms with Crippen LogP contribution in [-0.2, 0) is 0 Å². The second-order valence-electron chi connectivity index (χ2n) is 3.30. The maximum atomic E-state index is 11.4. The number of nitrogens with zero attached hydrogens (tertiary/aromatic N) is 3. The second kappa shape index (κ2) is 4.78. The fraction of sp³-hybridized carbons (Fsp3) is 0.300. The van der Waals surface area contributed by atoms with Crippen LogP contribution in [0, 0.1) is 0 Å². The van der Waals surface area contributed by atoms with Crippen molar-refractivity contribution < 1.29 is 14.2 Å². The van der Waals surface area contributed by atoms with Crippen molar-refractivity contribution in [2.45, 2.75) is 0 Å². The summed E-state index contributed by atoms with van der Waals surface area (Å²) in [5.41, 5.74) is 0.00697. The number of hydrogen-bond acceptors (Lipinski definition) is 6. The lowest BCUT2D eigenvalue weighted by molar-refractivity contribution is 0.324. The molecule has 1 N–H and O–H groups in total. The van der Waals surface area contributed by atoms with Gasteiger partial charge in [0.25, 0.3) is 0 Å². The van der Waals surface area contributed by atoms with Gasteiger partial charge in [-0.2, -0.15) is 4.68 Å². The highest BCUT2D eigenvalue weighted by Crippen LogP contribution is 2.38. The van der Waals surface area contributed by atoms with Crippen LogP contribution in [0.2, 0.25) is 0 Å². The van der Waals surface area contributed by atoms with Crippen LogP contribution in [0.25, 0.3) is 5.69 Å². The number of aromatic amines is 1. The minimum absolute atomic E-state index is 0.432. The van der Waals surface area contributed by atoms with Gasteiger partial charge in [0.05, 0.1) is 27.0 Å². The number of rotatable bonds is 4. The zero-order valence-corrected chi connectivity index (χ0v) is 10.1. The fourth-order valence-corrected chi connectivity index (χ4v) is 1.56. The first-order valence-corrected chi connectivity index (χ1v) is 5.02. The molecule has 2 aromatic rings. The third-order valence-electron chi connectivity index (χ3n) is 2.37. The quantitative estimate of drug-likeness (QED) is 0.822. The zero-order valence-electron chi connectivity index (χ0n) is 10.1. The number of ether oxygens (including phenoxy) is 3. The molecule has 0 bridgehead atoms. The molecule has 1 aromatic heterocycles. The van der Waals surface area contributed by atoms with Crippen LogP contribution in [0.15, 0.2) is 16.9 Å². The van der Waals surface area contributed by atoms with Crippen LogP contribution in [0.3, 0.4) is 0 Å². The number of aromatic nitrogens is 4. The summed E-state index contributed by atoms with van der Waals surface area (Å²) in [6, 6.07) is 3.20. The molecule has 0 aliphatic carbocycles. The van der Waals surface area contributed by atoms with Gasteiger partial charge in [0.15, 0.2) is 11.5 Å². The smallest absolute Gasteiger partial charge is 0.365 e. The molecular weight excluding hydrogens is 240 g/mol. The Kier molecular flexibility index (Phi) is 3.18. The van der Waals surface area contributed by atoms with E-state index in [0.29, 0.717) is 22.9 Å². The molecule has 0 saturated carbocycles. The topological polar surface area (TPSA) is 91.3 Å². The van der Waals surface area contributed by atoms with Crippen LogP contribution in [0.5, 0.6) is 17.2 Å². The van der Waals surface area contributed by atoms with Crippen molar-refractivity contribution >= 4 is 0 Å². The van der Waals surface area contributed by atoms with Gasteiger partial charge in [-0.3, -0.25) is 0 Å². The molecule has 0 aliphatic heterocycles. The Hall–Kier alpha value is -2.51. The fourth-order valence-electron chi connectivity index (χ4n) is 1.56. The third kappa shape index (κ3) is 1.88. The average molecular weight is 252 g/mol. The molecule has 0 atom stereocenters. The van der Waals surface area contributed by atoms with E-state index in [2.05, 4.69) is 15.5 Å². The van der Waals surface area contributed by atoms with Crippen LogP contribution in [0.4, 0.5) is 0 Å². The maximum absolute atomic E-state index is 11.4. The third-order valence-corrected chi connectivity index (χ3v) is 2.37. The molecule has 1 heterocycles. The van der Waals surface area contributed by atoms with Crippen molar-refractivity contribution in [1.82, 2.24) is 20.2 Å². The predicted octanol–water partition coefficient (Wildman–Crippen LogP) is -0.0186. The molecular formula is C10H12N4O4. The molecule has 0 unspecified atom stereocenters. The molecule has 2 rings (SSSR count). The van der Waals surface area contributed by atoms with E-state index < -0.39 is 5.69 Å².